The molecule has 0 spiro atoms. The van der Waals surface area contributed by atoms with Gasteiger partial charge in [-0.15, -0.1) is 0 Å². The van der Waals surface area contributed by atoms with Crippen molar-refractivity contribution in [3.63, 3.8) is 0 Å². The molecule has 2 amide bonds. The normalized spacial score (nSPS) is 15.6. The summed E-state index contributed by atoms with van der Waals surface area (Å²) in [5.41, 5.74) is -5.02. The third-order valence-corrected chi connectivity index (χ3v) is 15.2. The number of Topliss-reactive ketones (excluding diaryl/α,β-unsaturated/α-hetero) is 6. The molecule has 0 saturated carbocycles. The zero-order chi connectivity index (χ0) is 54.9. The van der Waals surface area contributed by atoms with E-state index < -0.39 is 97.9 Å². The van der Waals surface area contributed by atoms with Crippen molar-refractivity contribution in [2.75, 3.05) is 4.90 Å². The Morgan fingerprint density at radius 1 is 0.447 bits per heavy atom. The first kappa shape index (κ1) is 50.8. The van der Waals surface area contributed by atoms with Gasteiger partial charge in [0.25, 0.3) is 11.8 Å². The summed E-state index contributed by atoms with van der Waals surface area (Å²) in [7, 11) is 0. The van der Waals surface area contributed by atoms with Crippen molar-refractivity contribution >= 4 is 52.2 Å². The number of aryl methyl sites for hydroxylation is 2. The van der Waals surface area contributed by atoms with E-state index in [1.54, 1.807) is 44.2 Å². The van der Waals surface area contributed by atoms with E-state index in [2.05, 4.69) is 0 Å². The van der Waals surface area contributed by atoms with Crippen molar-refractivity contribution in [2.45, 2.75) is 70.6 Å². The van der Waals surface area contributed by atoms with E-state index in [0.717, 1.165) is 53.1 Å². The minimum atomic E-state index is -6.13. The largest absolute Gasteiger partial charge is 0.411 e. The van der Waals surface area contributed by atoms with E-state index in [9.17, 15) is 38.4 Å². The molecule has 3 aliphatic rings. The Hall–Kier alpha value is -8.72. The number of fused-ring (bicyclic) bond motifs is 5. The molecule has 1 aliphatic heterocycles. The minimum absolute atomic E-state index is 0.0118. The zero-order valence-corrected chi connectivity index (χ0v) is 41.3. The zero-order valence-electron chi connectivity index (χ0n) is 41.3. The second kappa shape index (κ2) is 17.4. The number of alkyl halides is 6. The molecule has 1 heterocycles. The molecule has 0 fully saturated rings. The van der Waals surface area contributed by atoms with Gasteiger partial charge in [-0.2, -0.15) is 26.3 Å². The lowest BCUT2D eigenvalue weighted by Crippen LogP contribution is -2.55. The SMILES string of the molecule is CC(=O)c1ccc(C(c2ccc3c(c2)C(=O)C(c2ccc(C4(c5ccc(N6C(=O)c7cc(C(C)=O)c(C(C)=O)cc7C6=O)c(C)c5)c5ccccc5-c5ccccc54)cc2C)C3=O)(C(F)(F)F)C(F)(F)F)cc1C(C)=O. The molecule has 7 aromatic rings. The number of halogens is 6. The number of hydrogen-bond donors (Lipinski definition) is 0. The molecule has 0 bridgehead atoms. The van der Waals surface area contributed by atoms with E-state index in [0.29, 0.717) is 46.5 Å². The van der Waals surface area contributed by atoms with Crippen LogP contribution in [0.25, 0.3) is 11.1 Å². The third-order valence-electron chi connectivity index (χ3n) is 15.2. The number of amides is 2. The number of nitrogens with zero attached hydrogens (tertiary/aromatic N) is 1. The van der Waals surface area contributed by atoms with Gasteiger partial charge in [-0.25, -0.2) is 4.90 Å². The molecule has 380 valence electrons. The number of carbonyl (C=O) groups is 8. The Balaban J connectivity index is 1.08. The van der Waals surface area contributed by atoms with Crippen LogP contribution in [0, 0.1) is 13.8 Å². The van der Waals surface area contributed by atoms with Gasteiger partial charge >= 0.3 is 12.4 Å². The van der Waals surface area contributed by atoms with E-state index in [1.807, 2.05) is 54.6 Å². The summed E-state index contributed by atoms with van der Waals surface area (Å²) >= 11 is 0. The van der Waals surface area contributed by atoms with Crippen LogP contribution in [-0.4, -0.2) is 58.9 Å². The van der Waals surface area contributed by atoms with Crippen LogP contribution in [0.3, 0.4) is 0 Å². The van der Waals surface area contributed by atoms with Crippen molar-refractivity contribution in [3.8, 4) is 11.1 Å². The first-order valence-corrected chi connectivity index (χ1v) is 23.8. The monoisotopic (exact) mass is 1030 g/mol. The van der Waals surface area contributed by atoms with Gasteiger partial charge in [0.05, 0.1) is 22.2 Å². The van der Waals surface area contributed by atoms with Gasteiger partial charge in [-0.05, 0) is 133 Å². The number of ketones is 6. The van der Waals surface area contributed by atoms with Crippen LogP contribution < -0.4 is 4.90 Å². The molecule has 0 saturated heterocycles. The minimum Gasteiger partial charge on any atom is -0.294 e. The molecule has 15 heteroatoms. The molecule has 0 radical (unpaired) electrons. The van der Waals surface area contributed by atoms with Gasteiger partial charge < -0.3 is 0 Å². The second-order valence-corrected chi connectivity index (χ2v) is 19.5. The molecule has 76 heavy (non-hydrogen) atoms. The number of carbonyl (C=O) groups excluding carboxylic acids is 8. The fraction of sp³-hybridized carbons (Fsp3) is 0.180. The number of anilines is 1. The summed E-state index contributed by atoms with van der Waals surface area (Å²) in [6.45, 7) is 7.78. The molecule has 0 aromatic heterocycles. The lowest BCUT2D eigenvalue weighted by atomic mass is 9.66. The molecular formula is C61H41F6NO8. The maximum atomic E-state index is 15.5. The quantitative estimate of drug-likeness (QED) is 0.0571. The Labute approximate surface area is 430 Å². The van der Waals surface area contributed by atoms with Gasteiger partial charge in [0.1, 0.15) is 5.92 Å². The van der Waals surface area contributed by atoms with Crippen LogP contribution in [0.15, 0.2) is 133 Å². The third kappa shape index (κ3) is 7.07. The summed E-state index contributed by atoms with van der Waals surface area (Å²) < 4.78 is 92.7. The molecule has 2 aliphatic carbocycles. The molecule has 7 aromatic carbocycles. The fourth-order valence-electron chi connectivity index (χ4n) is 11.8. The van der Waals surface area contributed by atoms with Gasteiger partial charge in [0, 0.05) is 33.4 Å². The van der Waals surface area contributed by atoms with Crippen LogP contribution in [0.5, 0.6) is 0 Å². The summed E-state index contributed by atoms with van der Waals surface area (Å²) in [5.74, 6) is -7.57. The fourth-order valence-corrected chi connectivity index (χ4v) is 11.8. The first-order chi connectivity index (χ1) is 35.8. The average Bonchev–Trinajstić information content (AvgIpc) is 3.90. The van der Waals surface area contributed by atoms with Gasteiger partial charge in [-0.1, -0.05) is 103 Å². The van der Waals surface area contributed by atoms with Crippen molar-refractivity contribution in [1.82, 2.24) is 0 Å². The van der Waals surface area contributed by atoms with Crippen molar-refractivity contribution in [3.05, 3.63) is 228 Å². The van der Waals surface area contributed by atoms with Crippen molar-refractivity contribution < 1.29 is 64.7 Å². The van der Waals surface area contributed by atoms with Gasteiger partial charge in [0.15, 0.2) is 34.7 Å². The highest BCUT2D eigenvalue weighted by molar-refractivity contribution is 6.35. The van der Waals surface area contributed by atoms with Crippen LogP contribution >= 0.6 is 0 Å². The predicted octanol–water partition coefficient (Wildman–Crippen LogP) is 12.9. The molecule has 1 atom stereocenters. The predicted molar refractivity (Wildman–Crippen MR) is 268 cm³/mol. The Morgan fingerprint density at radius 2 is 0.895 bits per heavy atom. The summed E-state index contributed by atoms with van der Waals surface area (Å²) in [5, 5.41) is 0. The van der Waals surface area contributed by atoms with E-state index in [1.165, 1.54) is 26.0 Å². The molecule has 9 nitrogen and oxygen atoms in total. The van der Waals surface area contributed by atoms with E-state index >= 15 is 26.3 Å². The molecular weight excluding hydrogens is 989 g/mol. The Morgan fingerprint density at radius 3 is 1.38 bits per heavy atom. The van der Waals surface area contributed by atoms with Crippen LogP contribution in [0.1, 0.15) is 167 Å². The number of benzene rings is 7. The van der Waals surface area contributed by atoms with Gasteiger partial charge in [0.2, 0.25) is 5.41 Å². The summed E-state index contributed by atoms with van der Waals surface area (Å²) in [6, 6.07) is 31.4. The highest BCUT2D eigenvalue weighted by Gasteiger charge is 2.73. The lowest BCUT2D eigenvalue weighted by Gasteiger charge is -2.38. The molecule has 1 unspecified atom stereocenters. The number of hydrogen-bond acceptors (Lipinski definition) is 8. The van der Waals surface area contributed by atoms with Crippen molar-refractivity contribution in [1.29, 1.82) is 0 Å². The van der Waals surface area contributed by atoms with E-state index in [4.69, 9.17) is 0 Å². The second-order valence-electron chi connectivity index (χ2n) is 19.5. The highest BCUT2D eigenvalue weighted by atomic mass is 19.4. The molecule has 10 rings (SSSR count). The topological polar surface area (TPSA) is 140 Å². The van der Waals surface area contributed by atoms with Crippen LogP contribution in [0.2, 0.25) is 0 Å². The summed E-state index contributed by atoms with van der Waals surface area (Å²) in [6.07, 6.45) is -12.3. The first-order valence-electron chi connectivity index (χ1n) is 23.8. The Bertz CT molecular complexity index is 3730. The molecule has 0 N–H and O–H groups in total. The lowest BCUT2D eigenvalue weighted by molar-refractivity contribution is -0.288. The smallest absolute Gasteiger partial charge is 0.294 e. The maximum Gasteiger partial charge on any atom is 0.411 e. The average molecular weight is 1030 g/mol. The van der Waals surface area contributed by atoms with E-state index in [-0.39, 0.29) is 44.6 Å². The number of imide groups is 1. The standard InChI is InChI=1S/C61H41F6NO8/c1-29-23-35(15-19-39(29)53-54(73)43-21-17-38(26-47(43)55(53)74)59(60(62,63)64,61(65,66)67)37-16-20-40(31(3)69)44(25-37)32(4)70)58(50-13-9-7-11-41(50)42-12-8-10-14-51(42)58)36-18-22-52(30(2)24-36)68-56(75)48-27-45(33(5)71)46(34(6)72)28-49(48)57(68)76/h7-28,53H,1-6H3. The summed E-state index contributed by atoms with van der Waals surface area (Å²) in [4.78, 5) is 108. The highest BCUT2D eigenvalue weighted by Crippen LogP contribution is 2.59. The van der Waals surface area contributed by atoms with Crippen LogP contribution in [-0.2, 0) is 10.8 Å². The van der Waals surface area contributed by atoms with Crippen LogP contribution in [0.4, 0.5) is 32.0 Å². The maximum absolute atomic E-state index is 15.5. The van der Waals surface area contributed by atoms with Crippen molar-refractivity contribution in [2.24, 2.45) is 0 Å². The number of rotatable bonds is 10. The van der Waals surface area contributed by atoms with Gasteiger partial charge in [-0.3, -0.25) is 38.4 Å². The Kier molecular flexibility index (Phi) is 11.7.